The molecule has 1 aliphatic carbocycles. The van der Waals surface area contributed by atoms with Gasteiger partial charge in [0.1, 0.15) is 5.82 Å². The van der Waals surface area contributed by atoms with Gasteiger partial charge in [-0.1, -0.05) is 53.2 Å². The minimum Gasteiger partial charge on any atom is -0.325 e. The first kappa shape index (κ1) is 25.2. The summed E-state index contributed by atoms with van der Waals surface area (Å²) in [7, 11) is 0. The molecule has 4 heteroatoms. The van der Waals surface area contributed by atoms with Gasteiger partial charge in [0.2, 0.25) is 0 Å². The molecular weight excluding hydrogens is 392 g/mol. The number of fused-ring (bicyclic) bond motifs is 1. The molecule has 2 heterocycles. The molecule has 1 saturated carbocycles. The fourth-order valence-electron chi connectivity index (χ4n) is 5.92. The molecule has 0 amide bonds. The molecule has 2 fully saturated rings. The average Bonchev–Trinajstić information content (AvgIpc) is 3.16. The van der Waals surface area contributed by atoms with Crippen molar-refractivity contribution in [1.29, 1.82) is 0 Å². The lowest BCUT2D eigenvalue weighted by molar-refractivity contribution is 0.109. The topological polar surface area (TPSA) is 33.1 Å². The van der Waals surface area contributed by atoms with Crippen LogP contribution in [0.3, 0.4) is 0 Å². The third-order valence-corrected chi connectivity index (χ3v) is 7.37. The van der Waals surface area contributed by atoms with E-state index in [0.717, 1.165) is 30.9 Å². The number of hydrogen-bond donors (Lipinski definition) is 1. The number of para-hydroxylation sites is 2. The van der Waals surface area contributed by atoms with Crippen LogP contribution in [-0.4, -0.2) is 47.2 Å². The predicted octanol–water partition coefficient (Wildman–Crippen LogP) is 6.46. The smallest absolute Gasteiger partial charge is 0.111 e. The Balaban J connectivity index is 0.00000141. The van der Waals surface area contributed by atoms with Gasteiger partial charge in [0.05, 0.1) is 11.0 Å². The van der Waals surface area contributed by atoms with E-state index in [4.69, 9.17) is 4.98 Å². The number of hydrogen-bond acceptors (Lipinski definition) is 3. The molecule has 1 aromatic carbocycles. The minimum atomic E-state index is 0.553. The van der Waals surface area contributed by atoms with Crippen LogP contribution >= 0.6 is 0 Å². The van der Waals surface area contributed by atoms with Crippen LogP contribution in [0.15, 0.2) is 24.3 Å². The number of nitrogens with zero attached hydrogens (tertiary/aromatic N) is 3. The van der Waals surface area contributed by atoms with E-state index in [9.17, 15) is 0 Å². The lowest BCUT2D eigenvalue weighted by atomic mass is 9.72. The Hall–Kier alpha value is -1.39. The standard InChI is InChI=1S/C26H42N4.C2H6/c1-4-15-27-16-11-25-28-23-9-5-6-10-24(23)30(25)22-12-17-29(18-13-22)20-21-8-7-14-26(2,3)19-21;1-2/h5-6,9-10,21-22,27H,4,7-8,11-20H2,1-3H3;1-2H3. The van der Waals surface area contributed by atoms with Gasteiger partial charge in [-0.15, -0.1) is 0 Å². The number of benzene rings is 1. The summed E-state index contributed by atoms with van der Waals surface area (Å²) >= 11 is 0. The summed E-state index contributed by atoms with van der Waals surface area (Å²) in [5, 5.41) is 3.56. The molecule has 180 valence electrons. The van der Waals surface area contributed by atoms with E-state index in [0.29, 0.717) is 11.5 Å². The molecule has 0 spiro atoms. The van der Waals surface area contributed by atoms with Crippen LogP contribution in [-0.2, 0) is 6.42 Å². The van der Waals surface area contributed by atoms with Crippen molar-refractivity contribution in [2.75, 3.05) is 32.7 Å². The summed E-state index contributed by atoms with van der Waals surface area (Å²) in [6.45, 7) is 17.1. The first-order valence-corrected chi connectivity index (χ1v) is 13.4. The van der Waals surface area contributed by atoms with E-state index in [1.807, 2.05) is 13.8 Å². The molecule has 32 heavy (non-hydrogen) atoms. The molecular formula is C28H48N4. The van der Waals surface area contributed by atoms with Crippen LogP contribution < -0.4 is 5.32 Å². The minimum absolute atomic E-state index is 0.553. The van der Waals surface area contributed by atoms with Crippen molar-refractivity contribution >= 4 is 11.0 Å². The number of imidazole rings is 1. The third-order valence-electron chi connectivity index (χ3n) is 7.37. The molecule has 2 aliphatic rings. The van der Waals surface area contributed by atoms with Gasteiger partial charge in [-0.2, -0.15) is 0 Å². The monoisotopic (exact) mass is 440 g/mol. The van der Waals surface area contributed by atoms with Crippen molar-refractivity contribution < 1.29 is 0 Å². The summed E-state index contributed by atoms with van der Waals surface area (Å²) < 4.78 is 2.59. The highest BCUT2D eigenvalue weighted by atomic mass is 15.2. The molecule has 2 aromatic rings. The normalized spacial score (nSPS) is 22.0. The zero-order valence-electron chi connectivity index (χ0n) is 21.5. The molecule has 1 N–H and O–H groups in total. The molecule has 0 radical (unpaired) electrons. The molecule has 1 aromatic heterocycles. The molecule has 1 aliphatic heterocycles. The Morgan fingerprint density at radius 2 is 1.81 bits per heavy atom. The molecule has 1 unspecified atom stereocenters. The van der Waals surface area contributed by atoms with Crippen LogP contribution in [0.5, 0.6) is 0 Å². The van der Waals surface area contributed by atoms with Gasteiger partial charge in [-0.3, -0.25) is 0 Å². The van der Waals surface area contributed by atoms with Crippen molar-refractivity contribution in [2.45, 2.75) is 92.0 Å². The van der Waals surface area contributed by atoms with Gasteiger partial charge in [-0.05, 0) is 68.5 Å². The van der Waals surface area contributed by atoms with Crippen molar-refractivity contribution in [3.8, 4) is 0 Å². The van der Waals surface area contributed by atoms with E-state index in [2.05, 4.69) is 59.8 Å². The second-order valence-corrected chi connectivity index (χ2v) is 10.5. The lowest BCUT2D eigenvalue weighted by Crippen LogP contribution is -2.40. The fourth-order valence-corrected chi connectivity index (χ4v) is 5.92. The molecule has 0 bridgehead atoms. The summed E-state index contributed by atoms with van der Waals surface area (Å²) in [6.07, 6.45) is 10.4. The van der Waals surface area contributed by atoms with E-state index in [1.165, 1.54) is 75.9 Å². The Labute approximate surface area is 197 Å². The Morgan fingerprint density at radius 1 is 1.06 bits per heavy atom. The highest BCUT2D eigenvalue weighted by Gasteiger charge is 2.31. The number of likely N-dealkylation sites (tertiary alicyclic amines) is 1. The second-order valence-electron chi connectivity index (χ2n) is 10.5. The maximum atomic E-state index is 5.02. The Kier molecular flexibility index (Phi) is 9.61. The first-order chi connectivity index (χ1) is 15.6. The van der Waals surface area contributed by atoms with Crippen molar-refractivity contribution in [3.05, 3.63) is 30.1 Å². The number of aromatic nitrogens is 2. The SMILES string of the molecule is CC.CCCNCCc1nc2ccccc2n1C1CCN(CC2CCCC(C)(C)C2)CC1. The fraction of sp³-hybridized carbons (Fsp3) is 0.750. The summed E-state index contributed by atoms with van der Waals surface area (Å²) in [6, 6.07) is 9.32. The molecule has 1 saturated heterocycles. The number of piperidine rings is 1. The van der Waals surface area contributed by atoms with Gasteiger partial charge in [0.25, 0.3) is 0 Å². The molecule has 4 rings (SSSR count). The van der Waals surface area contributed by atoms with Gasteiger partial charge in [-0.25, -0.2) is 4.98 Å². The van der Waals surface area contributed by atoms with Crippen LogP contribution in [0.25, 0.3) is 11.0 Å². The second kappa shape index (κ2) is 12.2. The van der Waals surface area contributed by atoms with Crippen molar-refractivity contribution in [3.63, 3.8) is 0 Å². The number of rotatable bonds is 8. The highest BCUT2D eigenvalue weighted by Crippen LogP contribution is 2.39. The number of nitrogens with one attached hydrogen (secondary N) is 1. The largest absolute Gasteiger partial charge is 0.325 e. The summed E-state index contributed by atoms with van der Waals surface area (Å²) in [4.78, 5) is 7.78. The lowest BCUT2D eigenvalue weighted by Gasteiger charge is -2.40. The van der Waals surface area contributed by atoms with E-state index >= 15 is 0 Å². The Bertz CT molecular complexity index is 801. The van der Waals surface area contributed by atoms with Crippen LogP contribution in [0, 0.1) is 11.3 Å². The summed E-state index contributed by atoms with van der Waals surface area (Å²) in [5.74, 6) is 2.17. The van der Waals surface area contributed by atoms with Gasteiger partial charge in [0, 0.05) is 38.6 Å². The maximum Gasteiger partial charge on any atom is 0.111 e. The zero-order chi connectivity index (χ0) is 23.0. The van der Waals surface area contributed by atoms with E-state index in [-0.39, 0.29) is 0 Å². The highest BCUT2D eigenvalue weighted by molar-refractivity contribution is 5.76. The van der Waals surface area contributed by atoms with Crippen molar-refractivity contribution in [2.24, 2.45) is 11.3 Å². The average molecular weight is 441 g/mol. The molecule has 4 nitrogen and oxygen atoms in total. The predicted molar refractivity (Wildman–Crippen MR) is 138 cm³/mol. The first-order valence-electron chi connectivity index (χ1n) is 13.4. The van der Waals surface area contributed by atoms with E-state index < -0.39 is 0 Å². The van der Waals surface area contributed by atoms with Crippen molar-refractivity contribution in [1.82, 2.24) is 19.8 Å². The van der Waals surface area contributed by atoms with Gasteiger partial charge >= 0.3 is 0 Å². The zero-order valence-corrected chi connectivity index (χ0v) is 21.5. The quantitative estimate of drug-likeness (QED) is 0.478. The van der Waals surface area contributed by atoms with E-state index in [1.54, 1.807) is 0 Å². The maximum absolute atomic E-state index is 5.02. The third kappa shape index (κ3) is 6.57. The summed E-state index contributed by atoms with van der Waals surface area (Å²) in [5.41, 5.74) is 3.04. The van der Waals surface area contributed by atoms with Gasteiger partial charge in [0.15, 0.2) is 0 Å². The van der Waals surface area contributed by atoms with Crippen LogP contribution in [0.2, 0.25) is 0 Å². The van der Waals surface area contributed by atoms with Crippen LogP contribution in [0.4, 0.5) is 0 Å². The Morgan fingerprint density at radius 3 is 2.53 bits per heavy atom. The van der Waals surface area contributed by atoms with Gasteiger partial charge < -0.3 is 14.8 Å². The molecule has 1 atom stereocenters. The van der Waals surface area contributed by atoms with Crippen LogP contribution in [0.1, 0.15) is 91.4 Å².